The molecule has 0 amide bonds. The van der Waals surface area contributed by atoms with E-state index in [2.05, 4.69) is 15.9 Å². The van der Waals surface area contributed by atoms with E-state index < -0.39 is 11.9 Å². The number of rotatable bonds is 0. The van der Waals surface area contributed by atoms with Gasteiger partial charge in [-0.1, -0.05) is 11.6 Å². The lowest BCUT2D eigenvalue weighted by molar-refractivity contribution is 0.163. The molecule has 0 bridgehead atoms. The van der Waals surface area contributed by atoms with E-state index in [1.807, 2.05) is 0 Å². The summed E-state index contributed by atoms with van der Waals surface area (Å²) in [6.07, 6.45) is 0.327. The predicted octanol–water partition coefficient (Wildman–Crippen LogP) is 3.45. The molecule has 0 aliphatic carbocycles. The number of benzene rings is 1. The quantitative estimate of drug-likeness (QED) is 0.743. The Labute approximate surface area is 100 Å². The summed E-state index contributed by atoms with van der Waals surface area (Å²) in [5.74, 6) is -0.230. The summed E-state index contributed by atoms with van der Waals surface area (Å²) in [6, 6.07) is 1.44. The Hall–Kier alpha value is -0.320. The van der Waals surface area contributed by atoms with E-state index in [1.165, 1.54) is 6.07 Å². The topological polar surface area (TPSA) is 29.5 Å². The summed E-state index contributed by atoms with van der Waals surface area (Å²) in [6.45, 7) is 0.476. The molecule has 0 unspecified atom stereocenters. The minimum atomic E-state index is -0.850. The Bertz CT molecular complexity index is 397. The molecule has 0 fully saturated rings. The Morgan fingerprint density at radius 3 is 3.07 bits per heavy atom. The van der Waals surface area contributed by atoms with E-state index in [1.54, 1.807) is 0 Å². The van der Waals surface area contributed by atoms with Gasteiger partial charge < -0.3 is 9.84 Å². The second kappa shape index (κ2) is 4.28. The van der Waals surface area contributed by atoms with Gasteiger partial charge in [-0.15, -0.1) is 0 Å². The van der Waals surface area contributed by atoms with E-state index in [9.17, 15) is 9.50 Å². The maximum atomic E-state index is 13.7. The number of aliphatic hydroxyl groups is 1. The summed E-state index contributed by atoms with van der Waals surface area (Å²) < 4.78 is 19.7. The number of ether oxygens (including phenoxy) is 1. The lowest BCUT2D eigenvalue weighted by Gasteiger charge is -2.14. The fourth-order valence-corrected chi connectivity index (χ4v) is 2.54. The second-order valence-corrected chi connectivity index (χ2v) is 4.67. The molecular weight excluding hydrogens is 286 g/mol. The average molecular weight is 296 g/mol. The van der Waals surface area contributed by atoms with Gasteiger partial charge >= 0.3 is 0 Å². The maximum Gasteiger partial charge on any atom is 0.151 e. The predicted molar refractivity (Wildman–Crippen MR) is 58.8 cm³/mol. The third-order valence-electron chi connectivity index (χ3n) is 2.36. The molecule has 2 nitrogen and oxygen atoms in total. The second-order valence-electron chi connectivity index (χ2n) is 3.40. The molecule has 15 heavy (non-hydrogen) atoms. The smallest absolute Gasteiger partial charge is 0.151 e. The molecule has 82 valence electrons. The van der Waals surface area contributed by atoms with Crippen LogP contribution in [0.1, 0.15) is 24.5 Å². The van der Waals surface area contributed by atoms with Crippen LogP contribution in [0.15, 0.2) is 10.5 Å². The first-order valence-corrected chi connectivity index (χ1v) is 5.76. The van der Waals surface area contributed by atoms with E-state index in [0.29, 0.717) is 29.7 Å². The van der Waals surface area contributed by atoms with Gasteiger partial charge in [-0.2, -0.15) is 0 Å². The van der Waals surface area contributed by atoms with Crippen LogP contribution < -0.4 is 4.74 Å². The van der Waals surface area contributed by atoms with Crippen LogP contribution in [-0.2, 0) is 0 Å². The van der Waals surface area contributed by atoms with Gasteiger partial charge in [0.15, 0.2) is 5.82 Å². The Morgan fingerprint density at radius 1 is 1.60 bits per heavy atom. The van der Waals surface area contributed by atoms with Gasteiger partial charge in [-0.3, -0.25) is 0 Å². The molecule has 1 aromatic rings. The molecule has 2 rings (SSSR count). The van der Waals surface area contributed by atoms with E-state index in [0.717, 1.165) is 0 Å². The van der Waals surface area contributed by atoms with Crippen molar-refractivity contribution in [3.05, 3.63) is 26.9 Å². The Morgan fingerprint density at radius 2 is 2.33 bits per heavy atom. The monoisotopic (exact) mass is 294 g/mol. The number of fused-ring (bicyclic) bond motifs is 1. The molecule has 0 radical (unpaired) electrons. The van der Waals surface area contributed by atoms with Crippen LogP contribution in [0.2, 0.25) is 5.02 Å². The van der Waals surface area contributed by atoms with Crippen molar-refractivity contribution in [2.45, 2.75) is 18.9 Å². The Balaban J connectivity index is 2.63. The van der Waals surface area contributed by atoms with Crippen LogP contribution in [0.4, 0.5) is 4.39 Å². The molecule has 0 aromatic heterocycles. The first kappa shape index (κ1) is 11.2. The zero-order valence-corrected chi connectivity index (χ0v) is 10.1. The van der Waals surface area contributed by atoms with Gasteiger partial charge in [0.2, 0.25) is 0 Å². The van der Waals surface area contributed by atoms with Crippen molar-refractivity contribution in [1.29, 1.82) is 0 Å². The summed E-state index contributed by atoms with van der Waals surface area (Å²) in [4.78, 5) is 0. The minimum Gasteiger partial charge on any atom is -0.492 e. The zero-order chi connectivity index (χ0) is 11.0. The maximum absolute atomic E-state index is 13.7. The van der Waals surface area contributed by atoms with Crippen LogP contribution in [0.3, 0.4) is 0 Å². The van der Waals surface area contributed by atoms with Crippen LogP contribution in [0.5, 0.6) is 5.75 Å². The molecular formula is C10H9BrClFO2. The van der Waals surface area contributed by atoms with Crippen molar-refractivity contribution < 1.29 is 14.2 Å². The normalized spacial score (nSPS) is 20.4. The summed E-state index contributed by atoms with van der Waals surface area (Å²) in [7, 11) is 0. The standard InChI is InChI=1S/C10H9BrClFO2/c11-5-4-6(12)9(13)8-7(14)2-1-3-15-10(5)8/h4,7,14H,1-3H2/t7-/m0/s1. The van der Waals surface area contributed by atoms with Gasteiger partial charge in [-0.25, -0.2) is 4.39 Å². The first-order chi connectivity index (χ1) is 7.11. The third-order valence-corrected chi connectivity index (χ3v) is 3.23. The molecule has 0 spiro atoms. The van der Waals surface area contributed by atoms with Gasteiger partial charge in [-0.05, 0) is 34.8 Å². The SMILES string of the molecule is O[C@H]1CCCOc2c(Br)cc(Cl)c(F)c21. The number of hydrogen-bond donors (Lipinski definition) is 1. The van der Waals surface area contributed by atoms with Crippen LogP contribution >= 0.6 is 27.5 Å². The lowest BCUT2D eigenvalue weighted by atomic mass is 10.0. The molecule has 1 aromatic carbocycles. The van der Waals surface area contributed by atoms with Crippen LogP contribution in [0.25, 0.3) is 0 Å². The van der Waals surface area contributed by atoms with Crippen LogP contribution in [-0.4, -0.2) is 11.7 Å². The molecule has 5 heteroatoms. The lowest BCUT2D eigenvalue weighted by Crippen LogP contribution is -2.02. The highest BCUT2D eigenvalue weighted by Gasteiger charge is 2.25. The summed E-state index contributed by atoms with van der Waals surface area (Å²) >= 11 is 8.94. The highest BCUT2D eigenvalue weighted by molar-refractivity contribution is 9.10. The molecule has 0 saturated heterocycles. The third kappa shape index (κ3) is 1.98. The van der Waals surface area contributed by atoms with Gasteiger partial charge in [0.1, 0.15) is 5.75 Å². The Kier molecular flexibility index (Phi) is 3.19. The number of aliphatic hydroxyl groups excluding tert-OH is 1. The summed E-state index contributed by atoms with van der Waals surface area (Å²) in [5.41, 5.74) is 0.159. The van der Waals surface area contributed by atoms with Crippen molar-refractivity contribution in [2.24, 2.45) is 0 Å². The van der Waals surface area contributed by atoms with E-state index in [-0.39, 0.29) is 10.6 Å². The fourth-order valence-electron chi connectivity index (χ4n) is 1.64. The van der Waals surface area contributed by atoms with E-state index in [4.69, 9.17) is 16.3 Å². The molecule has 1 heterocycles. The molecule has 0 saturated carbocycles. The first-order valence-electron chi connectivity index (χ1n) is 4.59. The van der Waals surface area contributed by atoms with Crippen molar-refractivity contribution in [1.82, 2.24) is 0 Å². The molecule has 1 aliphatic rings. The highest BCUT2D eigenvalue weighted by atomic mass is 79.9. The van der Waals surface area contributed by atoms with Crippen molar-refractivity contribution >= 4 is 27.5 Å². The van der Waals surface area contributed by atoms with Crippen molar-refractivity contribution in [3.63, 3.8) is 0 Å². The average Bonchev–Trinajstić information content (AvgIpc) is 2.37. The van der Waals surface area contributed by atoms with Gasteiger partial charge in [0, 0.05) is 0 Å². The van der Waals surface area contributed by atoms with Crippen molar-refractivity contribution in [3.8, 4) is 5.75 Å². The van der Waals surface area contributed by atoms with Crippen molar-refractivity contribution in [2.75, 3.05) is 6.61 Å². The fraction of sp³-hybridized carbons (Fsp3) is 0.400. The summed E-state index contributed by atoms with van der Waals surface area (Å²) in [5, 5.41) is 9.76. The molecule has 1 aliphatic heterocycles. The largest absolute Gasteiger partial charge is 0.492 e. The number of hydrogen-bond acceptors (Lipinski definition) is 2. The molecule has 1 atom stereocenters. The highest BCUT2D eigenvalue weighted by Crippen LogP contribution is 2.41. The van der Waals surface area contributed by atoms with Gasteiger partial charge in [0.05, 0.1) is 27.8 Å². The van der Waals surface area contributed by atoms with Gasteiger partial charge in [0.25, 0.3) is 0 Å². The minimum absolute atomic E-state index is 0.00910. The van der Waals surface area contributed by atoms with Crippen LogP contribution in [0, 0.1) is 5.82 Å². The van der Waals surface area contributed by atoms with E-state index >= 15 is 0 Å². The number of halogens is 3. The molecule has 1 N–H and O–H groups in total. The zero-order valence-electron chi connectivity index (χ0n) is 7.77.